The third kappa shape index (κ3) is 4.12. The number of fused-ring (bicyclic) bond motifs is 2. The van der Waals surface area contributed by atoms with Crippen LogP contribution in [0.25, 0.3) is 16.8 Å². The molecule has 4 aromatic rings. The maximum atomic E-state index is 16.0. The number of hydrogen-bond acceptors (Lipinski definition) is 6. The molecule has 1 amide bonds. The van der Waals surface area contributed by atoms with E-state index in [-0.39, 0.29) is 47.1 Å². The second kappa shape index (κ2) is 8.78. The van der Waals surface area contributed by atoms with E-state index in [1.54, 1.807) is 26.1 Å². The predicted molar refractivity (Wildman–Crippen MR) is 138 cm³/mol. The summed E-state index contributed by atoms with van der Waals surface area (Å²) in [6, 6.07) is 5.47. The summed E-state index contributed by atoms with van der Waals surface area (Å²) in [4.78, 5) is 23.4. The first kappa shape index (κ1) is 25.3. The summed E-state index contributed by atoms with van der Waals surface area (Å²) in [6.07, 6.45) is 1.15. The molecule has 0 bridgehead atoms. The number of carbonyl (C=O) groups is 1. The second-order valence-corrected chi connectivity index (χ2v) is 10.7. The molecule has 1 saturated carbocycles. The van der Waals surface area contributed by atoms with E-state index in [0.29, 0.717) is 41.6 Å². The third-order valence-corrected chi connectivity index (χ3v) is 7.58. The number of aliphatic hydroxyl groups is 2. The molecule has 2 aliphatic rings. The lowest BCUT2D eigenvalue weighted by Crippen LogP contribution is -2.40. The molecular weight excluding hydrogens is 511 g/mol. The van der Waals surface area contributed by atoms with E-state index in [9.17, 15) is 23.8 Å². The Hall–Kier alpha value is -3.96. The molecule has 1 atom stereocenters. The minimum Gasteiger partial charge on any atom is -0.390 e. The van der Waals surface area contributed by atoms with Crippen LogP contribution in [-0.4, -0.2) is 42.6 Å². The van der Waals surface area contributed by atoms with E-state index in [2.05, 4.69) is 4.98 Å². The fourth-order valence-electron chi connectivity index (χ4n) is 5.83. The highest BCUT2D eigenvalue weighted by atomic mass is 19.1. The van der Waals surface area contributed by atoms with E-state index in [1.165, 1.54) is 11.0 Å². The number of amides is 1. The van der Waals surface area contributed by atoms with E-state index in [1.807, 2.05) is 4.40 Å². The zero-order chi connectivity index (χ0) is 27.8. The minimum absolute atomic E-state index is 0.0396. The van der Waals surface area contributed by atoms with E-state index >= 15 is 4.39 Å². The standard InChI is InChI=1S/C28H26F3N5O3/c1-13-12-36-23(25(32)33-13)22(34-26(36)15-10-28(2,39)11-15)19-3-4-20-18(21(19)31)5-6-35(20)27(38)24(37)14-7-16(29)9-17(30)8-14/h3-4,7-9,12,15,24,37,39H,5-6,10-11H2,1-2H3,(H2,32,33)/t15?,24-,28?/m1/s1. The number of nitrogens with two attached hydrogens (primary N) is 1. The molecule has 3 heterocycles. The largest absolute Gasteiger partial charge is 0.390 e. The molecule has 0 unspecified atom stereocenters. The molecule has 1 aliphatic heterocycles. The van der Waals surface area contributed by atoms with Crippen molar-refractivity contribution < 1.29 is 28.2 Å². The van der Waals surface area contributed by atoms with Crippen LogP contribution in [0.5, 0.6) is 0 Å². The fourth-order valence-corrected chi connectivity index (χ4v) is 5.83. The van der Waals surface area contributed by atoms with Gasteiger partial charge in [0.05, 0.1) is 11.3 Å². The summed E-state index contributed by atoms with van der Waals surface area (Å²) < 4.78 is 45.1. The molecule has 202 valence electrons. The number of aromatic nitrogens is 3. The Balaban J connectivity index is 1.39. The highest BCUT2D eigenvalue weighted by Crippen LogP contribution is 2.46. The summed E-state index contributed by atoms with van der Waals surface area (Å²) in [7, 11) is 0. The zero-order valence-electron chi connectivity index (χ0n) is 21.3. The van der Waals surface area contributed by atoms with Crippen LogP contribution in [0.1, 0.15) is 54.4 Å². The first-order chi connectivity index (χ1) is 18.4. The summed E-state index contributed by atoms with van der Waals surface area (Å²) in [5.41, 5.74) is 7.39. The maximum Gasteiger partial charge on any atom is 0.260 e. The Morgan fingerprint density at radius 3 is 2.51 bits per heavy atom. The number of carbonyl (C=O) groups excluding carboxylic acids is 1. The van der Waals surface area contributed by atoms with Crippen LogP contribution in [0, 0.1) is 24.4 Å². The molecular formula is C28H26F3N5O3. The van der Waals surface area contributed by atoms with Gasteiger partial charge in [-0.1, -0.05) is 0 Å². The van der Waals surface area contributed by atoms with Gasteiger partial charge in [0, 0.05) is 41.5 Å². The van der Waals surface area contributed by atoms with Crippen molar-refractivity contribution in [3.63, 3.8) is 0 Å². The van der Waals surface area contributed by atoms with Gasteiger partial charge in [-0.2, -0.15) is 0 Å². The maximum absolute atomic E-state index is 16.0. The topological polar surface area (TPSA) is 117 Å². The summed E-state index contributed by atoms with van der Waals surface area (Å²) in [6.45, 7) is 3.64. The van der Waals surface area contributed by atoms with Crippen LogP contribution in [0.15, 0.2) is 36.5 Å². The van der Waals surface area contributed by atoms with Gasteiger partial charge >= 0.3 is 0 Å². The Morgan fingerprint density at radius 1 is 1.15 bits per heavy atom. The molecule has 0 saturated heterocycles. The number of aryl methyl sites for hydroxylation is 1. The number of benzene rings is 2. The van der Waals surface area contributed by atoms with Gasteiger partial charge in [0.25, 0.3) is 5.91 Å². The molecule has 11 heteroatoms. The molecule has 8 nitrogen and oxygen atoms in total. The normalized spacial score (nSPS) is 21.2. The van der Waals surface area contributed by atoms with Crippen LogP contribution in [0.4, 0.5) is 24.7 Å². The molecule has 0 radical (unpaired) electrons. The molecule has 1 aliphatic carbocycles. The average molecular weight is 538 g/mol. The number of halogens is 3. The van der Waals surface area contributed by atoms with Gasteiger partial charge in [-0.25, -0.2) is 23.1 Å². The third-order valence-electron chi connectivity index (χ3n) is 7.58. The van der Waals surface area contributed by atoms with Crippen molar-refractivity contribution in [2.75, 3.05) is 17.2 Å². The van der Waals surface area contributed by atoms with Gasteiger partial charge in [0.15, 0.2) is 6.10 Å². The Kier molecular flexibility index (Phi) is 5.70. The summed E-state index contributed by atoms with van der Waals surface area (Å²) in [5, 5.41) is 20.8. The molecule has 0 spiro atoms. The number of aliphatic hydroxyl groups excluding tert-OH is 1. The number of nitrogens with zero attached hydrogens (tertiary/aromatic N) is 4. The Labute approximate surface area is 221 Å². The van der Waals surface area contributed by atoms with Crippen molar-refractivity contribution in [2.24, 2.45) is 0 Å². The fraction of sp³-hybridized carbons (Fsp3) is 0.321. The smallest absolute Gasteiger partial charge is 0.260 e. The molecule has 2 aromatic heterocycles. The molecule has 4 N–H and O–H groups in total. The van der Waals surface area contributed by atoms with Gasteiger partial charge in [0.1, 0.15) is 40.3 Å². The lowest BCUT2D eigenvalue weighted by atomic mass is 9.72. The van der Waals surface area contributed by atoms with Crippen LogP contribution in [0.2, 0.25) is 0 Å². The lowest BCUT2D eigenvalue weighted by Gasteiger charge is -2.40. The number of hydrogen-bond donors (Lipinski definition) is 3. The second-order valence-electron chi connectivity index (χ2n) is 10.7. The van der Waals surface area contributed by atoms with Crippen molar-refractivity contribution in [1.82, 2.24) is 14.4 Å². The van der Waals surface area contributed by atoms with Crippen molar-refractivity contribution in [3.05, 3.63) is 76.6 Å². The highest BCUT2D eigenvalue weighted by Gasteiger charge is 2.42. The summed E-state index contributed by atoms with van der Waals surface area (Å²) in [5.74, 6) is -2.43. The quantitative estimate of drug-likeness (QED) is 0.363. The highest BCUT2D eigenvalue weighted by molar-refractivity contribution is 5.99. The van der Waals surface area contributed by atoms with E-state index in [4.69, 9.17) is 10.7 Å². The minimum atomic E-state index is -1.82. The van der Waals surface area contributed by atoms with Gasteiger partial charge in [-0.3, -0.25) is 9.20 Å². The first-order valence-corrected chi connectivity index (χ1v) is 12.6. The number of rotatable bonds is 4. The van der Waals surface area contributed by atoms with Crippen LogP contribution < -0.4 is 10.6 Å². The van der Waals surface area contributed by atoms with Crippen molar-refractivity contribution in [1.29, 1.82) is 0 Å². The van der Waals surface area contributed by atoms with Crippen LogP contribution in [-0.2, 0) is 11.2 Å². The van der Waals surface area contributed by atoms with E-state index < -0.39 is 35.1 Å². The summed E-state index contributed by atoms with van der Waals surface area (Å²) >= 11 is 0. The number of nitrogen functional groups attached to an aromatic ring is 1. The van der Waals surface area contributed by atoms with Crippen molar-refractivity contribution >= 4 is 22.9 Å². The van der Waals surface area contributed by atoms with Gasteiger partial charge in [-0.15, -0.1) is 0 Å². The van der Waals surface area contributed by atoms with Gasteiger partial charge in [0.2, 0.25) is 0 Å². The number of anilines is 2. The van der Waals surface area contributed by atoms with Crippen molar-refractivity contribution in [3.8, 4) is 11.3 Å². The monoisotopic (exact) mass is 537 g/mol. The van der Waals surface area contributed by atoms with Gasteiger partial charge < -0.3 is 20.8 Å². The lowest BCUT2D eigenvalue weighted by molar-refractivity contribution is -0.126. The zero-order valence-corrected chi connectivity index (χ0v) is 21.3. The molecule has 6 rings (SSSR count). The molecule has 39 heavy (non-hydrogen) atoms. The van der Waals surface area contributed by atoms with Crippen molar-refractivity contribution in [2.45, 2.75) is 50.7 Å². The number of imidazole rings is 1. The first-order valence-electron chi connectivity index (χ1n) is 12.6. The molecule has 2 aromatic carbocycles. The van der Waals surface area contributed by atoms with E-state index in [0.717, 1.165) is 12.1 Å². The SMILES string of the molecule is Cc1cn2c(C3CC(C)(O)C3)nc(-c3ccc4c(c3F)CCN4C(=O)[C@H](O)c3cc(F)cc(F)c3)c2c(N)n1. The van der Waals surface area contributed by atoms with Gasteiger partial charge in [-0.05, 0) is 62.9 Å². The predicted octanol–water partition coefficient (Wildman–Crippen LogP) is 3.96. The Morgan fingerprint density at radius 2 is 1.85 bits per heavy atom. The van der Waals surface area contributed by atoms with Crippen LogP contribution in [0.3, 0.4) is 0 Å². The Bertz CT molecular complexity index is 1640. The molecule has 1 fully saturated rings. The average Bonchev–Trinajstić information content (AvgIpc) is 3.44. The van der Waals surface area contributed by atoms with Crippen LogP contribution >= 0.6 is 0 Å².